The maximum Gasteiger partial charge on any atom is 0.308 e. The van der Waals surface area contributed by atoms with Gasteiger partial charge in [0.1, 0.15) is 17.5 Å². The van der Waals surface area contributed by atoms with E-state index in [0.29, 0.717) is 29.6 Å². The Morgan fingerprint density at radius 2 is 1.64 bits per heavy atom. The first kappa shape index (κ1) is 25.9. The summed E-state index contributed by atoms with van der Waals surface area (Å²) in [5.74, 6) is -1.15. The number of rotatable bonds is 5. The van der Waals surface area contributed by atoms with Crippen LogP contribution in [0.2, 0.25) is 0 Å². The number of likely N-dealkylation sites (tertiary alicyclic amines) is 1. The van der Waals surface area contributed by atoms with Gasteiger partial charge in [-0.15, -0.1) is 0 Å². The van der Waals surface area contributed by atoms with Crippen molar-refractivity contribution in [2.45, 2.75) is 48.9 Å². The van der Waals surface area contributed by atoms with E-state index in [1.807, 2.05) is 48.2 Å². The van der Waals surface area contributed by atoms with Crippen LogP contribution < -0.4 is 14.5 Å². The van der Waals surface area contributed by atoms with Crippen LogP contribution in [0, 0.1) is 12.8 Å². The second kappa shape index (κ2) is 10.3. The lowest BCUT2D eigenvalue weighted by atomic mass is 9.83. The van der Waals surface area contributed by atoms with Gasteiger partial charge in [-0.05, 0) is 56.0 Å². The van der Waals surface area contributed by atoms with E-state index >= 15 is 0 Å². The largest absolute Gasteiger partial charge is 0.497 e. The molecule has 3 amide bonds. The molecule has 4 heterocycles. The van der Waals surface area contributed by atoms with Crippen molar-refractivity contribution in [2.24, 2.45) is 5.92 Å². The zero-order valence-corrected chi connectivity index (χ0v) is 23.4. The minimum absolute atomic E-state index is 0.0613. The minimum atomic E-state index is -0.705. The third-order valence-corrected chi connectivity index (χ3v) is 10.4. The first-order chi connectivity index (χ1) is 18.9. The lowest BCUT2D eigenvalue weighted by Crippen LogP contribution is -2.39. The van der Waals surface area contributed by atoms with Crippen molar-refractivity contribution in [2.75, 3.05) is 25.1 Å². The molecule has 0 aliphatic carbocycles. The number of benzene rings is 2. The molecule has 2 aromatic carbocycles. The Bertz CT molecular complexity index is 1490. The lowest BCUT2D eigenvalue weighted by Gasteiger charge is -2.31. The highest BCUT2D eigenvalue weighted by Gasteiger charge is 2.56. The summed E-state index contributed by atoms with van der Waals surface area (Å²) in [6.45, 7) is 3.29. The number of nitrogens with zero attached hydrogens (tertiary/aromatic N) is 3. The molecule has 202 valence electrons. The molecule has 3 aliphatic rings. The van der Waals surface area contributed by atoms with Crippen LogP contribution in [-0.4, -0.2) is 52.6 Å². The number of hydrogen-bond donors (Lipinski definition) is 0. The van der Waals surface area contributed by atoms with E-state index in [1.165, 1.54) is 21.2 Å². The van der Waals surface area contributed by atoms with E-state index in [1.54, 1.807) is 19.2 Å². The lowest BCUT2D eigenvalue weighted by molar-refractivity contribution is -0.133. The van der Waals surface area contributed by atoms with Crippen LogP contribution >= 0.6 is 23.1 Å². The number of amides is 3. The number of aromatic nitrogens is 1. The Morgan fingerprint density at radius 3 is 2.31 bits per heavy atom. The van der Waals surface area contributed by atoms with Crippen molar-refractivity contribution in [3.63, 3.8) is 0 Å². The molecule has 0 N–H and O–H groups in total. The van der Waals surface area contributed by atoms with Gasteiger partial charge < -0.3 is 9.64 Å². The van der Waals surface area contributed by atoms with Crippen LogP contribution in [0.25, 0.3) is 0 Å². The van der Waals surface area contributed by atoms with E-state index in [0.717, 1.165) is 46.6 Å². The van der Waals surface area contributed by atoms with Crippen molar-refractivity contribution >= 4 is 46.5 Å². The molecular formula is C29H29N3O5S2. The number of fused-ring (bicyclic) bond motifs is 2. The van der Waals surface area contributed by atoms with E-state index in [9.17, 15) is 19.2 Å². The van der Waals surface area contributed by atoms with Gasteiger partial charge in [-0.25, -0.2) is 4.90 Å². The number of hydrogen-bond acceptors (Lipinski definition) is 7. The van der Waals surface area contributed by atoms with Gasteiger partial charge >= 0.3 is 4.87 Å². The summed E-state index contributed by atoms with van der Waals surface area (Å²) in [6, 6.07) is 14.8. The number of anilines is 1. The number of aryl methyl sites for hydroxylation is 1. The molecule has 3 aromatic rings. The van der Waals surface area contributed by atoms with Crippen molar-refractivity contribution in [1.82, 2.24) is 9.47 Å². The van der Waals surface area contributed by atoms with Gasteiger partial charge in [0, 0.05) is 23.9 Å². The Morgan fingerprint density at radius 1 is 0.949 bits per heavy atom. The van der Waals surface area contributed by atoms with Crippen LogP contribution in [0.1, 0.15) is 41.2 Å². The smallest absolute Gasteiger partial charge is 0.308 e. The normalized spacial score (nSPS) is 22.6. The van der Waals surface area contributed by atoms with Crippen molar-refractivity contribution in [1.29, 1.82) is 0 Å². The van der Waals surface area contributed by atoms with Gasteiger partial charge in [0.25, 0.3) is 0 Å². The quantitative estimate of drug-likeness (QED) is 0.436. The average Bonchev–Trinajstić information content (AvgIpc) is 3.40. The van der Waals surface area contributed by atoms with Crippen LogP contribution in [-0.2, 0) is 20.9 Å². The van der Waals surface area contributed by atoms with E-state index in [-0.39, 0.29) is 29.1 Å². The molecule has 6 rings (SSSR count). The van der Waals surface area contributed by atoms with E-state index < -0.39 is 17.1 Å². The third kappa shape index (κ3) is 4.49. The fourth-order valence-corrected chi connectivity index (χ4v) is 8.53. The third-order valence-electron chi connectivity index (χ3n) is 7.82. The first-order valence-electron chi connectivity index (χ1n) is 13.1. The van der Waals surface area contributed by atoms with Crippen LogP contribution in [0.3, 0.4) is 0 Å². The van der Waals surface area contributed by atoms with Gasteiger partial charge in [0.2, 0.25) is 17.7 Å². The maximum atomic E-state index is 14.0. The monoisotopic (exact) mass is 563 g/mol. The molecule has 8 nitrogen and oxygen atoms in total. The Labute approximate surface area is 234 Å². The molecule has 0 unspecified atom stereocenters. The summed E-state index contributed by atoms with van der Waals surface area (Å²) in [4.78, 5) is 57.8. The number of carbonyl (C=O) groups is 3. The molecule has 39 heavy (non-hydrogen) atoms. The molecule has 2 saturated heterocycles. The minimum Gasteiger partial charge on any atom is -0.497 e. The number of imide groups is 1. The van der Waals surface area contributed by atoms with E-state index in [2.05, 4.69) is 0 Å². The molecule has 3 atom stereocenters. The molecule has 0 saturated carbocycles. The number of carbonyl (C=O) groups excluding carboxylic acids is 3. The summed E-state index contributed by atoms with van der Waals surface area (Å²) < 4.78 is 6.85. The van der Waals surface area contributed by atoms with Gasteiger partial charge in [0.15, 0.2) is 0 Å². The highest BCUT2D eigenvalue weighted by Crippen LogP contribution is 2.54. The highest BCUT2D eigenvalue weighted by atomic mass is 32.2. The number of ether oxygens (including phenoxy) is 1. The maximum absolute atomic E-state index is 14.0. The van der Waals surface area contributed by atoms with Crippen molar-refractivity contribution in [3.8, 4) is 5.75 Å². The zero-order valence-electron chi connectivity index (χ0n) is 21.8. The SMILES string of the molecule is COc1ccc([C@@H]2c3sc(=O)n(CC(=O)N4CCCCC4)c3S[C@@H]3C(=O)N(c4ccc(C)cc4)C(=O)[C@H]23)cc1. The Kier molecular flexibility index (Phi) is 6.84. The summed E-state index contributed by atoms with van der Waals surface area (Å²) in [7, 11) is 1.59. The molecular weight excluding hydrogens is 534 g/mol. The number of piperidine rings is 1. The summed E-state index contributed by atoms with van der Waals surface area (Å²) in [6.07, 6.45) is 3.03. The molecule has 1 aromatic heterocycles. The molecule has 0 radical (unpaired) electrons. The van der Waals surface area contributed by atoms with Crippen molar-refractivity contribution < 1.29 is 19.1 Å². The molecule has 0 bridgehead atoms. The average molecular weight is 564 g/mol. The zero-order chi connectivity index (χ0) is 27.3. The fraction of sp³-hybridized carbons (Fsp3) is 0.379. The predicted molar refractivity (Wildman–Crippen MR) is 151 cm³/mol. The van der Waals surface area contributed by atoms with Crippen LogP contribution in [0.15, 0.2) is 58.4 Å². The Hall–Kier alpha value is -3.37. The highest BCUT2D eigenvalue weighted by molar-refractivity contribution is 8.00. The predicted octanol–water partition coefficient (Wildman–Crippen LogP) is 4.04. The number of methoxy groups -OCH3 is 1. The van der Waals surface area contributed by atoms with Gasteiger partial charge in [-0.3, -0.25) is 23.7 Å². The first-order valence-corrected chi connectivity index (χ1v) is 14.8. The fourth-order valence-electron chi connectivity index (χ4n) is 5.75. The second-order valence-electron chi connectivity index (χ2n) is 10.2. The van der Waals surface area contributed by atoms with Gasteiger partial charge in [0.05, 0.1) is 23.7 Å². The summed E-state index contributed by atoms with van der Waals surface area (Å²) >= 11 is 2.32. The van der Waals surface area contributed by atoms with Crippen molar-refractivity contribution in [3.05, 3.63) is 74.2 Å². The Balaban J connectivity index is 1.43. The van der Waals surface area contributed by atoms with Gasteiger partial charge in [-0.2, -0.15) is 0 Å². The number of thioether (sulfide) groups is 1. The van der Waals surface area contributed by atoms with Gasteiger partial charge in [-0.1, -0.05) is 52.9 Å². The standard InChI is InChI=1S/C29H29N3O5S2/c1-17-6-10-19(11-7-17)32-26(34)23-22(18-8-12-20(37-2)13-9-18)25-28(38-24(23)27(32)35)31(29(36)39-25)16-21(33)30-14-4-3-5-15-30/h6-13,22-24H,3-5,14-16H2,1-2H3/t22-,23+,24-/m0/s1. The second-order valence-corrected chi connectivity index (χ2v) is 12.4. The topological polar surface area (TPSA) is 88.9 Å². The number of thiazole rings is 1. The molecule has 2 fully saturated rings. The molecule has 3 aliphatic heterocycles. The van der Waals surface area contributed by atoms with Crippen LogP contribution in [0.4, 0.5) is 5.69 Å². The summed E-state index contributed by atoms with van der Waals surface area (Å²) in [5, 5.41) is -0.0897. The van der Waals surface area contributed by atoms with E-state index in [4.69, 9.17) is 4.74 Å². The summed E-state index contributed by atoms with van der Waals surface area (Å²) in [5.41, 5.74) is 2.40. The van der Waals surface area contributed by atoms with Crippen LogP contribution in [0.5, 0.6) is 5.75 Å². The molecule has 10 heteroatoms. The molecule has 0 spiro atoms.